The standard InChI is InChI=1S/C32H38N4O6S2/c1-42-21-24-13-8-16-35(24)29-15-14-25(18-33-29)44(40,41)34-19-27(22-9-4-2-5-10-22)36(30(37)20-34)26-17-28(43-31(26)32(38)39)23-11-6-3-7-12-23/h3,6-7,11-12,14-15,17-18,22,24,27H,2,4-5,8-10,13,16,19-21H2,1H3,(H,38,39)/t24-,27-/m0/s1. The number of methoxy groups -OCH3 is 1. The van der Waals surface area contributed by atoms with Crippen LogP contribution in [-0.2, 0) is 19.6 Å². The lowest BCUT2D eigenvalue weighted by atomic mass is 9.82. The van der Waals surface area contributed by atoms with E-state index in [1.54, 1.807) is 30.2 Å². The number of ether oxygens (including phenoxy) is 1. The zero-order valence-electron chi connectivity index (χ0n) is 24.8. The summed E-state index contributed by atoms with van der Waals surface area (Å²) in [5, 5.41) is 10.2. The average Bonchev–Trinajstić information content (AvgIpc) is 3.70. The zero-order valence-corrected chi connectivity index (χ0v) is 26.4. The lowest BCUT2D eigenvalue weighted by Gasteiger charge is -2.44. The normalized spacial score (nSPS) is 22.1. The van der Waals surface area contributed by atoms with E-state index in [1.165, 1.54) is 10.5 Å². The summed E-state index contributed by atoms with van der Waals surface area (Å²) in [7, 11) is -2.36. The molecule has 4 heterocycles. The van der Waals surface area contributed by atoms with Gasteiger partial charge in [-0.15, -0.1) is 11.3 Å². The molecule has 0 bridgehead atoms. The van der Waals surface area contributed by atoms with E-state index in [9.17, 15) is 23.1 Å². The van der Waals surface area contributed by atoms with E-state index < -0.39 is 27.9 Å². The van der Waals surface area contributed by atoms with Gasteiger partial charge in [0.25, 0.3) is 0 Å². The molecule has 0 unspecified atom stereocenters. The van der Waals surface area contributed by atoms with Crippen molar-refractivity contribution in [3.8, 4) is 10.4 Å². The van der Waals surface area contributed by atoms with Gasteiger partial charge in [-0.2, -0.15) is 4.31 Å². The third kappa shape index (κ3) is 6.00. The Labute approximate surface area is 262 Å². The summed E-state index contributed by atoms with van der Waals surface area (Å²) in [5.74, 6) is -0.758. The summed E-state index contributed by atoms with van der Waals surface area (Å²) in [5.41, 5.74) is 1.22. The number of aromatic nitrogens is 1. The first kappa shape index (κ1) is 30.7. The molecule has 10 nitrogen and oxygen atoms in total. The quantitative estimate of drug-likeness (QED) is 0.344. The molecule has 3 aromatic rings. The Hall–Kier alpha value is -3.32. The molecule has 0 spiro atoms. The number of anilines is 2. The number of rotatable bonds is 9. The van der Waals surface area contributed by atoms with Crippen LogP contribution in [0.5, 0.6) is 0 Å². The Balaban J connectivity index is 1.31. The summed E-state index contributed by atoms with van der Waals surface area (Å²) in [6, 6.07) is 14.3. The van der Waals surface area contributed by atoms with E-state index in [1.807, 2.05) is 30.3 Å². The maximum absolute atomic E-state index is 14.0. The Morgan fingerprint density at radius 1 is 1.07 bits per heavy atom. The molecule has 3 fully saturated rings. The number of pyridine rings is 1. The molecule has 2 saturated heterocycles. The van der Waals surface area contributed by atoms with Crippen LogP contribution in [0.3, 0.4) is 0 Å². The molecule has 1 aromatic carbocycles. The van der Waals surface area contributed by atoms with Gasteiger partial charge in [0.15, 0.2) is 0 Å². The SMILES string of the molecule is COC[C@@H]1CCCN1c1ccc(S(=O)(=O)N2CC(=O)N(c3cc(-c4ccccc4)sc3C(=O)O)[C@H](C3CCCCC3)C2)cn1. The molecule has 234 valence electrons. The molecule has 3 aliphatic rings. The van der Waals surface area contributed by atoms with Crippen molar-refractivity contribution in [2.24, 2.45) is 5.92 Å². The van der Waals surface area contributed by atoms with Crippen LogP contribution in [0.1, 0.15) is 54.6 Å². The predicted molar refractivity (Wildman–Crippen MR) is 170 cm³/mol. The molecule has 2 aliphatic heterocycles. The lowest BCUT2D eigenvalue weighted by molar-refractivity contribution is -0.121. The van der Waals surface area contributed by atoms with E-state index in [0.29, 0.717) is 18.1 Å². The summed E-state index contributed by atoms with van der Waals surface area (Å²) in [6.07, 6.45) is 8.18. The molecule has 0 radical (unpaired) electrons. The van der Waals surface area contributed by atoms with Crippen LogP contribution in [0.4, 0.5) is 11.5 Å². The van der Waals surface area contributed by atoms with Crippen molar-refractivity contribution in [1.29, 1.82) is 0 Å². The second-order valence-corrected chi connectivity index (χ2v) is 14.8. The number of piperazine rings is 1. The molecular formula is C32H38N4O6S2. The molecule has 1 aliphatic carbocycles. The monoisotopic (exact) mass is 638 g/mol. The minimum Gasteiger partial charge on any atom is -0.477 e. The average molecular weight is 639 g/mol. The highest BCUT2D eigenvalue weighted by molar-refractivity contribution is 7.89. The minimum atomic E-state index is -4.03. The fourth-order valence-electron chi connectivity index (χ4n) is 6.95. The van der Waals surface area contributed by atoms with Crippen molar-refractivity contribution < 1.29 is 27.9 Å². The fraction of sp³-hybridized carbons (Fsp3) is 0.469. The number of hydrogen-bond acceptors (Lipinski definition) is 8. The largest absolute Gasteiger partial charge is 0.477 e. The van der Waals surface area contributed by atoms with Crippen molar-refractivity contribution in [1.82, 2.24) is 9.29 Å². The molecule has 1 N–H and O–H groups in total. The van der Waals surface area contributed by atoms with E-state index in [-0.39, 0.29) is 34.8 Å². The number of thiophene rings is 1. The van der Waals surface area contributed by atoms with Crippen LogP contribution in [0.2, 0.25) is 0 Å². The van der Waals surface area contributed by atoms with Crippen LogP contribution in [0.15, 0.2) is 59.6 Å². The number of carbonyl (C=O) groups excluding carboxylic acids is 1. The third-order valence-electron chi connectivity index (χ3n) is 9.11. The van der Waals surface area contributed by atoms with Gasteiger partial charge >= 0.3 is 5.97 Å². The van der Waals surface area contributed by atoms with Crippen molar-refractivity contribution in [3.63, 3.8) is 0 Å². The summed E-state index contributed by atoms with van der Waals surface area (Å²) >= 11 is 1.14. The van der Waals surface area contributed by atoms with Gasteiger partial charge in [-0.25, -0.2) is 18.2 Å². The van der Waals surface area contributed by atoms with Gasteiger partial charge in [-0.05, 0) is 55.4 Å². The molecule has 2 aromatic heterocycles. The maximum Gasteiger partial charge on any atom is 0.348 e. The molecule has 12 heteroatoms. The molecular weight excluding hydrogens is 601 g/mol. The van der Waals surface area contributed by atoms with Crippen LogP contribution in [-0.4, -0.2) is 80.1 Å². The topological polar surface area (TPSA) is 120 Å². The highest BCUT2D eigenvalue weighted by Crippen LogP contribution is 2.42. The first-order valence-electron chi connectivity index (χ1n) is 15.2. The van der Waals surface area contributed by atoms with Crippen molar-refractivity contribution in [2.45, 2.75) is 61.9 Å². The number of carboxylic acids is 1. The molecule has 1 amide bonds. The first-order valence-corrected chi connectivity index (χ1v) is 17.5. The first-order chi connectivity index (χ1) is 21.3. The van der Waals surface area contributed by atoms with Crippen LogP contribution in [0.25, 0.3) is 10.4 Å². The summed E-state index contributed by atoms with van der Waals surface area (Å²) in [6.45, 7) is 1.14. The summed E-state index contributed by atoms with van der Waals surface area (Å²) in [4.78, 5) is 35.5. The number of sulfonamides is 1. The van der Waals surface area contributed by atoms with E-state index >= 15 is 0 Å². The van der Waals surface area contributed by atoms with Gasteiger partial charge in [0.1, 0.15) is 15.6 Å². The van der Waals surface area contributed by atoms with Crippen LogP contribution in [0, 0.1) is 5.92 Å². The number of hydrogen-bond donors (Lipinski definition) is 1. The number of amides is 1. The Morgan fingerprint density at radius 3 is 2.52 bits per heavy atom. The van der Waals surface area contributed by atoms with Crippen molar-refractivity contribution in [2.75, 3.05) is 43.2 Å². The van der Waals surface area contributed by atoms with Gasteiger partial charge in [-0.3, -0.25) is 4.79 Å². The number of nitrogens with zero attached hydrogens (tertiary/aromatic N) is 4. The van der Waals surface area contributed by atoms with E-state index in [2.05, 4.69) is 9.88 Å². The van der Waals surface area contributed by atoms with Gasteiger partial charge < -0.3 is 19.6 Å². The second kappa shape index (κ2) is 13.0. The number of aromatic carboxylic acids is 1. The molecule has 2 atom stereocenters. The van der Waals surface area contributed by atoms with Gasteiger partial charge in [-0.1, -0.05) is 49.6 Å². The molecule has 44 heavy (non-hydrogen) atoms. The van der Waals surface area contributed by atoms with Gasteiger partial charge in [0.2, 0.25) is 15.9 Å². The van der Waals surface area contributed by atoms with Crippen LogP contribution < -0.4 is 9.80 Å². The highest BCUT2D eigenvalue weighted by Gasteiger charge is 2.44. The fourth-order valence-corrected chi connectivity index (χ4v) is 9.29. The summed E-state index contributed by atoms with van der Waals surface area (Å²) < 4.78 is 34.5. The van der Waals surface area contributed by atoms with Gasteiger partial charge in [0.05, 0.1) is 30.9 Å². The maximum atomic E-state index is 14.0. The highest BCUT2D eigenvalue weighted by atomic mass is 32.2. The van der Waals surface area contributed by atoms with Crippen molar-refractivity contribution in [3.05, 3.63) is 59.6 Å². The Bertz CT molecular complexity index is 1590. The second-order valence-electron chi connectivity index (χ2n) is 11.8. The van der Waals surface area contributed by atoms with E-state index in [4.69, 9.17) is 4.74 Å². The number of carboxylic acid groups (broad SMARTS) is 1. The molecule has 6 rings (SSSR count). The number of carbonyl (C=O) groups is 2. The predicted octanol–water partition coefficient (Wildman–Crippen LogP) is 5.11. The lowest BCUT2D eigenvalue weighted by Crippen LogP contribution is -2.60. The van der Waals surface area contributed by atoms with E-state index in [0.717, 1.165) is 73.3 Å². The Morgan fingerprint density at radius 2 is 1.84 bits per heavy atom. The third-order valence-corrected chi connectivity index (χ3v) is 12.1. The van der Waals surface area contributed by atoms with Crippen molar-refractivity contribution >= 4 is 44.7 Å². The molecule has 1 saturated carbocycles. The van der Waals surface area contributed by atoms with Crippen LogP contribution >= 0.6 is 11.3 Å². The number of benzene rings is 1. The van der Waals surface area contributed by atoms with Gasteiger partial charge in [0, 0.05) is 31.3 Å². The Kier molecular flexibility index (Phi) is 9.04. The smallest absolute Gasteiger partial charge is 0.348 e. The minimum absolute atomic E-state index is 0.0421. The zero-order chi connectivity index (χ0) is 30.8.